The van der Waals surface area contributed by atoms with Gasteiger partial charge in [-0.05, 0) is 42.3 Å². The molecule has 0 spiro atoms. The number of aryl methyl sites for hydroxylation is 1. The number of hydrogen-bond acceptors (Lipinski definition) is 3. The van der Waals surface area contributed by atoms with Gasteiger partial charge in [-0.25, -0.2) is 0 Å². The van der Waals surface area contributed by atoms with E-state index in [2.05, 4.69) is 0 Å². The zero-order valence-electron chi connectivity index (χ0n) is 16.2. The van der Waals surface area contributed by atoms with E-state index in [4.69, 9.17) is 32.7 Å². The summed E-state index contributed by atoms with van der Waals surface area (Å²) >= 11 is 12.1. The molecule has 1 heterocycles. The maximum absolute atomic E-state index is 12.7. The van der Waals surface area contributed by atoms with Crippen LogP contribution in [0.25, 0.3) is 6.08 Å². The molecule has 0 aliphatic carbocycles. The third kappa shape index (κ3) is 4.43. The smallest absolute Gasteiger partial charge is 0.232 e. The first kappa shape index (κ1) is 20.3. The van der Waals surface area contributed by atoms with Crippen LogP contribution in [-0.4, -0.2) is 5.78 Å². The zero-order valence-corrected chi connectivity index (χ0v) is 17.7. The number of carbonyl (C=O) groups excluding carboxylic acids is 1. The fraction of sp³-hybridized carbons (Fsp3) is 0.0800. The highest BCUT2D eigenvalue weighted by molar-refractivity contribution is 6.35. The lowest BCUT2D eigenvalue weighted by Gasteiger charge is -2.10. The second kappa shape index (κ2) is 8.78. The van der Waals surface area contributed by atoms with E-state index in [1.807, 2.05) is 61.5 Å². The average molecular weight is 437 g/mol. The molecule has 0 N–H and O–H groups in total. The van der Waals surface area contributed by atoms with Gasteiger partial charge in [0, 0.05) is 21.7 Å². The van der Waals surface area contributed by atoms with Crippen molar-refractivity contribution in [2.75, 3.05) is 0 Å². The Bertz CT molecular complexity index is 1160. The minimum absolute atomic E-state index is 0.132. The summed E-state index contributed by atoms with van der Waals surface area (Å²) in [5, 5.41) is 1.12. The van der Waals surface area contributed by atoms with Gasteiger partial charge in [-0.1, -0.05) is 71.8 Å². The number of rotatable bonds is 5. The molecule has 1 aliphatic rings. The van der Waals surface area contributed by atoms with E-state index in [1.54, 1.807) is 24.3 Å². The van der Waals surface area contributed by atoms with Gasteiger partial charge in [0.15, 0.2) is 5.76 Å². The highest BCUT2D eigenvalue weighted by atomic mass is 35.5. The van der Waals surface area contributed by atoms with Crippen molar-refractivity contribution in [3.05, 3.63) is 111 Å². The first-order valence-electron chi connectivity index (χ1n) is 9.38. The van der Waals surface area contributed by atoms with E-state index in [1.165, 1.54) is 0 Å². The average Bonchev–Trinajstić information content (AvgIpc) is 3.04. The van der Waals surface area contributed by atoms with Crippen molar-refractivity contribution < 1.29 is 14.3 Å². The van der Waals surface area contributed by atoms with Gasteiger partial charge in [-0.3, -0.25) is 4.79 Å². The molecule has 0 radical (unpaired) electrons. The lowest BCUT2D eigenvalue weighted by atomic mass is 10.0. The van der Waals surface area contributed by atoms with Crippen molar-refractivity contribution in [3.63, 3.8) is 0 Å². The van der Waals surface area contributed by atoms with Crippen LogP contribution in [0.2, 0.25) is 10.0 Å². The van der Waals surface area contributed by atoms with Gasteiger partial charge >= 0.3 is 0 Å². The largest absolute Gasteiger partial charge is 0.489 e. The predicted octanol–water partition coefficient (Wildman–Crippen LogP) is 7.05. The molecule has 0 aromatic heterocycles. The van der Waals surface area contributed by atoms with Crippen molar-refractivity contribution in [1.82, 2.24) is 0 Å². The van der Waals surface area contributed by atoms with Crippen LogP contribution >= 0.6 is 23.2 Å². The molecule has 3 aromatic carbocycles. The quantitative estimate of drug-likeness (QED) is 0.401. The number of carbonyl (C=O) groups is 1. The molecule has 0 saturated heterocycles. The first-order valence-corrected chi connectivity index (χ1v) is 10.1. The summed E-state index contributed by atoms with van der Waals surface area (Å²) in [6, 6.07) is 18.7. The summed E-state index contributed by atoms with van der Waals surface area (Å²) in [5.41, 5.74) is 3.23. The number of Topliss-reactive ketones (excluding diaryl/α,β-unsaturated/α-hetero) is 1. The number of ether oxygens (including phenoxy) is 2. The Balaban J connectivity index is 1.50. The summed E-state index contributed by atoms with van der Waals surface area (Å²) in [4.78, 5) is 12.7. The molecule has 3 nitrogen and oxygen atoms in total. The molecule has 3 aromatic rings. The molecule has 4 rings (SSSR count). The molecule has 1 aliphatic heterocycles. The van der Waals surface area contributed by atoms with E-state index >= 15 is 0 Å². The predicted molar refractivity (Wildman–Crippen MR) is 120 cm³/mol. The zero-order chi connectivity index (χ0) is 21.1. The molecule has 150 valence electrons. The Morgan fingerprint density at radius 3 is 2.60 bits per heavy atom. The fourth-order valence-electron chi connectivity index (χ4n) is 3.19. The van der Waals surface area contributed by atoms with Crippen LogP contribution < -0.4 is 9.47 Å². The first-order chi connectivity index (χ1) is 14.5. The van der Waals surface area contributed by atoms with Crippen LogP contribution in [0.15, 0.2) is 78.6 Å². The standard InChI is InChI=1S/C25H18Cl2O3/c1-16-12-20(29-15-18-10-11-19(26)13-21(18)27)14-23-24(16)25(28)22(30-23)9-5-8-17-6-3-2-4-7-17/h2-14H,15H2,1H3/b8-5+,22-9-. The summed E-state index contributed by atoms with van der Waals surface area (Å²) in [6.07, 6.45) is 5.41. The fourth-order valence-corrected chi connectivity index (χ4v) is 3.65. The molecule has 0 amide bonds. The van der Waals surface area contributed by atoms with Gasteiger partial charge in [0.2, 0.25) is 5.78 Å². The highest BCUT2D eigenvalue weighted by Crippen LogP contribution is 2.37. The monoisotopic (exact) mass is 436 g/mol. The Morgan fingerprint density at radius 2 is 1.83 bits per heavy atom. The minimum atomic E-state index is -0.132. The van der Waals surface area contributed by atoms with Gasteiger partial charge in [0.25, 0.3) is 0 Å². The van der Waals surface area contributed by atoms with E-state index in [-0.39, 0.29) is 18.1 Å². The van der Waals surface area contributed by atoms with Crippen molar-refractivity contribution >= 4 is 35.1 Å². The molecule has 0 saturated carbocycles. The number of ketones is 1. The van der Waals surface area contributed by atoms with Crippen molar-refractivity contribution in [3.8, 4) is 11.5 Å². The minimum Gasteiger partial charge on any atom is -0.489 e. The van der Waals surface area contributed by atoms with Gasteiger partial charge in [-0.15, -0.1) is 0 Å². The normalized spacial score (nSPS) is 14.2. The maximum atomic E-state index is 12.7. The molecule has 0 unspecified atom stereocenters. The van der Waals surface area contributed by atoms with E-state index in [9.17, 15) is 4.79 Å². The lowest BCUT2D eigenvalue weighted by molar-refractivity contribution is 0.101. The van der Waals surface area contributed by atoms with Gasteiger partial charge in [-0.2, -0.15) is 0 Å². The van der Waals surface area contributed by atoms with Gasteiger partial charge in [0.05, 0.1) is 5.56 Å². The summed E-state index contributed by atoms with van der Waals surface area (Å²) in [7, 11) is 0. The van der Waals surface area contributed by atoms with E-state index < -0.39 is 0 Å². The molecular weight excluding hydrogens is 419 g/mol. The van der Waals surface area contributed by atoms with Crippen molar-refractivity contribution in [2.24, 2.45) is 0 Å². The SMILES string of the molecule is Cc1cc(OCc2ccc(Cl)cc2Cl)cc2c1C(=O)/C(=C/C=C/c1ccccc1)O2. The third-order valence-electron chi connectivity index (χ3n) is 4.69. The number of fused-ring (bicyclic) bond motifs is 1. The van der Waals surface area contributed by atoms with Crippen molar-refractivity contribution in [2.45, 2.75) is 13.5 Å². The third-order valence-corrected chi connectivity index (χ3v) is 5.28. The van der Waals surface area contributed by atoms with Gasteiger partial charge in [0.1, 0.15) is 18.1 Å². The Hall–Kier alpha value is -3.01. The van der Waals surface area contributed by atoms with Crippen LogP contribution in [-0.2, 0) is 6.61 Å². The topological polar surface area (TPSA) is 35.5 Å². The maximum Gasteiger partial charge on any atom is 0.232 e. The lowest BCUT2D eigenvalue weighted by Crippen LogP contribution is -2.00. The van der Waals surface area contributed by atoms with E-state index in [0.29, 0.717) is 27.1 Å². The van der Waals surface area contributed by atoms with E-state index in [0.717, 1.165) is 16.7 Å². The summed E-state index contributed by atoms with van der Waals surface area (Å²) < 4.78 is 11.7. The highest BCUT2D eigenvalue weighted by Gasteiger charge is 2.29. The second-order valence-electron chi connectivity index (χ2n) is 6.87. The summed E-state index contributed by atoms with van der Waals surface area (Å²) in [5.74, 6) is 1.26. The number of halogens is 2. The molecular formula is C25H18Cl2O3. The second-order valence-corrected chi connectivity index (χ2v) is 7.71. The van der Waals surface area contributed by atoms with Gasteiger partial charge < -0.3 is 9.47 Å². The molecule has 30 heavy (non-hydrogen) atoms. The van der Waals surface area contributed by atoms with Crippen LogP contribution in [0.3, 0.4) is 0 Å². The Morgan fingerprint density at radius 1 is 1.03 bits per heavy atom. The van der Waals surface area contributed by atoms with Crippen LogP contribution in [0.1, 0.15) is 27.0 Å². The number of benzene rings is 3. The number of hydrogen-bond donors (Lipinski definition) is 0. The van der Waals surface area contributed by atoms with Crippen LogP contribution in [0.5, 0.6) is 11.5 Å². The Kier molecular flexibility index (Phi) is 5.93. The molecule has 5 heteroatoms. The molecule has 0 fully saturated rings. The summed E-state index contributed by atoms with van der Waals surface area (Å²) in [6.45, 7) is 2.15. The Labute approximate surface area is 185 Å². The molecule has 0 atom stereocenters. The number of allylic oxidation sites excluding steroid dienone is 3. The van der Waals surface area contributed by atoms with Crippen LogP contribution in [0.4, 0.5) is 0 Å². The molecule has 0 bridgehead atoms. The van der Waals surface area contributed by atoms with Crippen LogP contribution in [0, 0.1) is 6.92 Å². The van der Waals surface area contributed by atoms with Crippen molar-refractivity contribution in [1.29, 1.82) is 0 Å².